The van der Waals surface area contributed by atoms with Crippen LogP contribution in [0, 0.1) is 0 Å². The Morgan fingerprint density at radius 2 is 2.36 bits per heavy atom. The molecule has 80 valence electrons. The van der Waals surface area contributed by atoms with Crippen molar-refractivity contribution in [1.82, 2.24) is 0 Å². The molecular formula is C11H18O2S. The Kier molecular flexibility index (Phi) is 4.52. The van der Waals surface area contributed by atoms with Gasteiger partial charge in [-0.05, 0) is 31.6 Å². The first kappa shape index (κ1) is 11.6. The van der Waals surface area contributed by atoms with Gasteiger partial charge in [-0.25, -0.2) is 0 Å². The Morgan fingerprint density at radius 1 is 1.64 bits per heavy atom. The van der Waals surface area contributed by atoms with Crippen LogP contribution in [0.5, 0.6) is 0 Å². The van der Waals surface area contributed by atoms with E-state index >= 15 is 0 Å². The van der Waals surface area contributed by atoms with E-state index in [9.17, 15) is 4.79 Å². The fourth-order valence-electron chi connectivity index (χ4n) is 1.65. The summed E-state index contributed by atoms with van der Waals surface area (Å²) in [6, 6.07) is 0. The fourth-order valence-corrected chi connectivity index (χ4v) is 2.97. The number of thioether (sulfide) groups is 1. The summed E-state index contributed by atoms with van der Waals surface area (Å²) in [7, 11) is 0. The van der Waals surface area contributed by atoms with Crippen LogP contribution in [0.3, 0.4) is 0 Å². The number of hydrogen-bond acceptors (Lipinski definition) is 3. The first-order valence-electron chi connectivity index (χ1n) is 5.14. The van der Waals surface area contributed by atoms with Crippen LogP contribution in [0.1, 0.15) is 40.0 Å². The third-order valence-corrected chi connectivity index (χ3v) is 3.68. The second kappa shape index (κ2) is 5.44. The number of ether oxygens (including phenoxy) is 1. The molecule has 1 rings (SSSR count). The minimum Gasteiger partial charge on any atom is -0.466 e. The lowest BCUT2D eigenvalue weighted by Crippen LogP contribution is -2.03. The van der Waals surface area contributed by atoms with Crippen molar-refractivity contribution in [3.63, 3.8) is 0 Å². The zero-order valence-electron chi connectivity index (χ0n) is 9.13. The van der Waals surface area contributed by atoms with E-state index < -0.39 is 0 Å². The quantitative estimate of drug-likeness (QED) is 0.673. The van der Waals surface area contributed by atoms with E-state index in [0.29, 0.717) is 18.3 Å². The molecule has 1 heterocycles. The Bertz CT molecular complexity index is 246. The average Bonchev–Trinajstić information content (AvgIpc) is 2.42. The van der Waals surface area contributed by atoms with Gasteiger partial charge in [-0.15, -0.1) is 11.8 Å². The highest BCUT2D eigenvalue weighted by Crippen LogP contribution is 2.39. The van der Waals surface area contributed by atoms with Crippen molar-refractivity contribution in [3.05, 3.63) is 10.5 Å². The summed E-state index contributed by atoms with van der Waals surface area (Å²) < 4.78 is 4.89. The third-order valence-electron chi connectivity index (χ3n) is 2.27. The fraction of sp³-hybridized carbons (Fsp3) is 0.727. The number of rotatable bonds is 4. The Morgan fingerprint density at radius 3 is 2.86 bits per heavy atom. The van der Waals surface area contributed by atoms with E-state index in [1.54, 1.807) is 0 Å². The molecule has 0 aliphatic carbocycles. The summed E-state index contributed by atoms with van der Waals surface area (Å²) >= 11 is 1.91. The minimum absolute atomic E-state index is 0.0760. The number of carbonyl (C=O) groups is 1. The predicted molar refractivity (Wildman–Crippen MR) is 60.2 cm³/mol. The Labute approximate surface area is 90.1 Å². The van der Waals surface area contributed by atoms with Crippen LogP contribution in [-0.4, -0.2) is 17.8 Å². The van der Waals surface area contributed by atoms with Gasteiger partial charge in [0, 0.05) is 5.25 Å². The van der Waals surface area contributed by atoms with Crippen molar-refractivity contribution in [3.8, 4) is 0 Å². The van der Waals surface area contributed by atoms with Crippen LogP contribution in [0.15, 0.2) is 10.5 Å². The summed E-state index contributed by atoms with van der Waals surface area (Å²) in [5.74, 6) is -0.0760. The van der Waals surface area contributed by atoms with Gasteiger partial charge in [-0.1, -0.05) is 12.5 Å². The lowest BCUT2D eigenvalue weighted by Gasteiger charge is -2.04. The number of carbonyl (C=O) groups excluding carboxylic acids is 1. The maximum absolute atomic E-state index is 11.1. The van der Waals surface area contributed by atoms with Crippen molar-refractivity contribution in [2.24, 2.45) is 0 Å². The van der Waals surface area contributed by atoms with E-state index in [-0.39, 0.29) is 5.97 Å². The average molecular weight is 214 g/mol. The van der Waals surface area contributed by atoms with E-state index in [1.165, 1.54) is 16.9 Å². The predicted octanol–water partition coefficient (Wildman–Crippen LogP) is 3.13. The molecule has 0 N–H and O–H groups in total. The highest BCUT2D eigenvalue weighted by Gasteiger charge is 2.19. The minimum atomic E-state index is -0.0760. The molecular weight excluding hydrogens is 196 g/mol. The van der Waals surface area contributed by atoms with Gasteiger partial charge in [-0.2, -0.15) is 0 Å². The van der Waals surface area contributed by atoms with Gasteiger partial charge in [-0.3, -0.25) is 4.79 Å². The third kappa shape index (κ3) is 3.37. The molecule has 1 aliphatic heterocycles. The molecule has 14 heavy (non-hydrogen) atoms. The highest BCUT2D eigenvalue weighted by atomic mass is 32.2. The standard InChI is InChI=1S/C11H18O2S/c1-4-13-11(12)6-5-10-8(2)7-9(3)14-10/h9H,4-7H2,1-3H3. The van der Waals surface area contributed by atoms with Crippen LogP contribution < -0.4 is 0 Å². The van der Waals surface area contributed by atoms with Crippen molar-refractivity contribution in [1.29, 1.82) is 0 Å². The molecule has 0 aromatic rings. The second-order valence-electron chi connectivity index (χ2n) is 3.64. The summed E-state index contributed by atoms with van der Waals surface area (Å²) in [6.07, 6.45) is 2.56. The largest absolute Gasteiger partial charge is 0.466 e. The molecule has 0 spiro atoms. The maximum Gasteiger partial charge on any atom is 0.306 e. The zero-order chi connectivity index (χ0) is 10.6. The number of esters is 1. The van der Waals surface area contributed by atoms with Gasteiger partial charge in [0.05, 0.1) is 13.0 Å². The Balaban J connectivity index is 2.31. The van der Waals surface area contributed by atoms with Crippen molar-refractivity contribution in [2.75, 3.05) is 6.61 Å². The van der Waals surface area contributed by atoms with Crippen molar-refractivity contribution >= 4 is 17.7 Å². The molecule has 3 heteroatoms. The SMILES string of the molecule is CCOC(=O)CCC1=C(C)CC(C)S1. The monoisotopic (exact) mass is 214 g/mol. The van der Waals surface area contributed by atoms with Crippen LogP contribution in [0.2, 0.25) is 0 Å². The summed E-state index contributed by atoms with van der Waals surface area (Å²) in [6.45, 7) is 6.72. The van der Waals surface area contributed by atoms with Gasteiger partial charge >= 0.3 is 5.97 Å². The summed E-state index contributed by atoms with van der Waals surface area (Å²) in [5.41, 5.74) is 1.45. The van der Waals surface area contributed by atoms with Gasteiger partial charge in [0.25, 0.3) is 0 Å². The molecule has 2 nitrogen and oxygen atoms in total. The maximum atomic E-state index is 11.1. The number of hydrogen-bond donors (Lipinski definition) is 0. The highest BCUT2D eigenvalue weighted by molar-refractivity contribution is 8.03. The van der Waals surface area contributed by atoms with E-state index in [1.807, 2.05) is 18.7 Å². The van der Waals surface area contributed by atoms with Gasteiger partial charge < -0.3 is 4.74 Å². The lowest BCUT2D eigenvalue weighted by atomic mass is 10.1. The van der Waals surface area contributed by atoms with Crippen molar-refractivity contribution in [2.45, 2.75) is 45.3 Å². The molecule has 0 fully saturated rings. The molecule has 0 bridgehead atoms. The van der Waals surface area contributed by atoms with Crippen molar-refractivity contribution < 1.29 is 9.53 Å². The normalized spacial score (nSPS) is 21.5. The molecule has 0 amide bonds. The summed E-state index contributed by atoms with van der Waals surface area (Å²) in [4.78, 5) is 12.5. The van der Waals surface area contributed by atoms with Gasteiger partial charge in [0.2, 0.25) is 0 Å². The molecule has 0 saturated carbocycles. The molecule has 1 atom stereocenters. The van der Waals surface area contributed by atoms with E-state index in [4.69, 9.17) is 4.74 Å². The Hall–Kier alpha value is -0.440. The molecule has 0 radical (unpaired) electrons. The van der Waals surface area contributed by atoms with E-state index in [0.717, 1.165) is 6.42 Å². The van der Waals surface area contributed by atoms with Crippen LogP contribution in [0.4, 0.5) is 0 Å². The smallest absolute Gasteiger partial charge is 0.306 e. The van der Waals surface area contributed by atoms with Crippen LogP contribution in [0.25, 0.3) is 0 Å². The second-order valence-corrected chi connectivity index (χ2v) is 5.17. The summed E-state index contributed by atoms with van der Waals surface area (Å²) in [5, 5.41) is 0.687. The zero-order valence-corrected chi connectivity index (χ0v) is 9.95. The van der Waals surface area contributed by atoms with Crippen LogP contribution in [-0.2, 0) is 9.53 Å². The molecule has 0 aromatic heterocycles. The van der Waals surface area contributed by atoms with E-state index in [2.05, 4.69) is 13.8 Å². The first-order chi connectivity index (χ1) is 6.63. The molecule has 0 saturated heterocycles. The first-order valence-corrected chi connectivity index (χ1v) is 6.02. The lowest BCUT2D eigenvalue weighted by molar-refractivity contribution is -0.143. The topological polar surface area (TPSA) is 26.3 Å². The van der Waals surface area contributed by atoms with Gasteiger partial charge in [0.1, 0.15) is 0 Å². The van der Waals surface area contributed by atoms with Crippen LogP contribution >= 0.6 is 11.8 Å². The van der Waals surface area contributed by atoms with Gasteiger partial charge in [0.15, 0.2) is 0 Å². The molecule has 1 aliphatic rings. The number of allylic oxidation sites excluding steroid dienone is 2. The molecule has 1 unspecified atom stereocenters. The molecule has 0 aromatic carbocycles.